The number of carbonyl (C=O) groups excluding carboxylic acids is 1. The standard InChI is InChI=1S/C26H18F6N4OS/c1-33-24-36-21-5-3-15(9-22(21)38-24)14-2-4-20-18(8-14)19(12-34-20)23(37)35-11-13-6-16(25(27,28)29)10-17(7-13)26(30,31)32/h2-10,12,34H,11H2,1H3,(H,33,36)(H,35,37). The summed E-state index contributed by atoms with van der Waals surface area (Å²) in [6, 6.07) is 12.5. The normalized spacial score (nSPS) is 12.3. The lowest BCUT2D eigenvalue weighted by Crippen LogP contribution is -2.23. The van der Waals surface area contributed by atoms with Gasteiger partial charge in [0.15, 0.2) is 5.13 Å². The Balaban J connectivity index is 1.42. The molecule has 2 aromatic heterocycles. The lowest BCUT2D eigenvalue weighted by atomic mass is 10.0. The summed E-state index contributed by atoms with van der Waals surface area (Å²) in [6.45, 7) is -0.520. The van der Waals surface area contributed by atoms with Crippen molar-refractivity contribution in [3.8, 4) is 11.1 Å². The Morgan fingerprint density at radius 1 is 0.921 bits per heavy atom. The number of aromatic amines is 1. The van der Waals surface area contributed by atoms with Crippen molar-refractivity contribution in [2.24, 2.45) is 0 Å². The summed E-state index contributed by atoms with van der Waals surface area (Å²) in [7, 11) is 1.79. The molecule has 5 nitrogen and oxygen atoms in total. The summed E-state index contributed by atoms with van der Waals surface area (Å²) in [5, 5.41) is 6.78. The van der Waals surface area contributed by atoms with Crippen LogP contribution in [0.3, 0.4) is 0 Å². The van der Waals surface area contributed by atoms with Gasteiger partial charge in [0.25, 0.3) is 5.91 Å². The summed E-state index contributed by atoms with van der Waals surface area (Å²) < 4.78 is 79.9. The zero-order chi connectivity index (χ0) is 27.2. The number of benzene rings is 3. The molecule has 0 bridgehead atoms. The van der Waals surface area contributed by atoms with Crippen LogP contribution in [0.5, 0.6) is 0 Å². The predicted octanol–water partition coefficient (Wildman–Crippen LogP) is 7.45. The van der Waals surface area contributed by atoms with E-state index in [1.807, 2.05) is 24.3 Å². The number of carbonyl (C=O) groups is 1. The van der Waals surface area contributed by atoms with Crippen molar-refractivity contribution in [3.05, 3.63) is 83.0 Å². The summed E-state index contributed by atoms with van der Waals surface area (Å²) in [6.07, 6.45) is -8.49. The molecule has 3 aromatic carbocycles. The second kappa shape index (κ2) is 9.35. The van der Waals surface area contributed by atoms with E-state index in [2.05, 4.69) is 20.6 Å². The highest BCUT2D eigenvalue weighted by atomic mass is 32.1. The van der Waals surface area contributed by atoms with Gasteiger partial charge in [0.05, 0.1) is 26.9 Å². The molecule has 5 rings (SSSR count). The average molecular weight is 549 g/mol. The van der Waals surface area contributed by atoms with Gasteiger partial charge in [-0.3, -0.25) is 4.79 Å². The topological polar surface area (TPSA) is 69.8 Å². The van der Waals surface area contributed by atoms with Crippen LogP contribution < -0.4 is 10.6 Å². The van der Waals surface area contributed by atoms with Gasteiger partial charge in [-0.1, -0.05) is 23.5 Å². The third kappa shape index (κ3) is 5.03. The molecule has 0 unspecified atom stereocenters. The first-order chi connectivity index (χ1) is 17.9. The summed E-state index contributed by atoms with van der Waals surface area (Å²) >= 11 is 1.50. The lowest BCUT2D eigenvalue weighted by Gasteiger charge is -2.14. The molecule has 0 saturated heterocycles. The molecule has 0 radical (unpaired) electrons. The van der Waals surface area contributed by atoms with E-state index >= 15 is 0 Å². The lowest BCUT2D eigenvalue weighted by molar-refractivity contribution is -0.143. The number of H-pyrrole nitrogens is 1. The number of aromatic nitrogens is 2. The first kappa shape index (κ1) is 25.6. The minimum atomic E-state index is -4.97. The minimum Gasteiger partial charge on any atom is -0.365 e. The van der Waals surface area contributed by atoms with Gasteiger partial charge in [-0.05, 0) is 59.2 Å². The number of nitrogens with one attached hydrogen (secondary N) is 3. The van der Waals surface area contributed by atoms with Crippen LogP contribution in [0.2, 0.25) is 0 Å². The maximum Gasteiger partial charge on any atom is 0.416 e. The van der Waals surface area contributed by atoms with E-state index in [9.17, 15) is 31.1 Å². The molecule has 0 saturated carbocycles. The molecule has 1 amide bonds. The number of nitrogens with zero attached hydrogens (tertiary/aromatic N) is 1. The van der Waals surface area contributed by atoms with E-state index in [0.717, 1.165) is 26.5 Å². The molecule has 0 spiro atoms. The van der Waals surface area contributed by atoms with Gasteiger partial charge in [0.2, 0.25) is 0 Å². The average Bonchev–Trinajstić information content (AvgIpc) is 3.49. The highest BCUT2D eigenvalue weighted by Crippen LogP contribution is 2.36. The summed E-state index contributed by atoms with van der Waals surface area (Å²) in [4.78, 5) is 20.3. The van der Waals surface area contributed by atoms with Crippen LogP contribution in [0.4, 0.5) is 31.5 Å². The zero-order valence-corrected chi connectivity index (χ0v) is 20.3. The molecule has 0 aliphatic carbocycles. The quantitative estimate of drug-likeness (QED) is 0.200. The molecule has 0 fully saturated rings. The van der Waals surface area contributed by atoms with Gasteiger partial charge in [0.1, 0.15) is 0 Å². The van der Waals surface area contributed by atoms with E-state index in [1.165, 1.54) is 17.5 Å². The Morgan fingerprint density at radius 2 is 1.58 bits per heavy atom. The predicted molar refractivity (Wildman–Crippen MR) is 134 cm³/mol. The number of rotatable bonds is 5. The molecular formula is C26H18F6N4OS. The van der Waals surface area contributed by atoms with Crippen LogP contribution in [-0.2, 0) is 18.9 Å². The Labute approximate surface area is 215 Å². The van der Waals surface area contributed by atoms with Crippen molar-refractivity contribution >= 4 is 43.5 Å². The van der Waals surface area contributed by atoms with E-state index in [-0.39, 0.29) is 17.2 Å². The second-order valence-electron chi connectivity index (χ2n) is 8.51. The Hall–Kier alpha value is -4.06. The second-order valence-corrected chi connectivity index (χ2v) is 9.54. The zero-order valence-electron chi connectivity index (χ0n) is 19.5. The van der Waals surface area contributed by atoms with E-state index in [0.29, 0.717) is 23.0 Å². The largest absolute Gasteiger partial charge is 0.416 e. The Kier molecular flexibility index (Phi) is 6.30. The number of fused-ring (bicyclic) bond motifs is 2. The first-order valence-corrected chi connectivity index (χ1v) is 12.0. The van der Waals surface area contributed by atoms with Crippen LogP contribution in [0, 0.1) is 0 Å². The number of amides is 1. The van der Waals surface area contributed by atoms with Crippen molar-refractivity contribution in [1.82, 2.24) is 15.3 Å². The number of hydrogen-bond acceptors (Lipinski definition) is 4. The summed E-state index contributed by atoms with van der Waals surface area (Å²) in [5.41, 5.74) is 0.215. The smallest absolute Gasteiger partial charge is 0.365 e. The fourth-order valence-corrected chi connectivity index (χ4v) is 4.96. The van der Waals surface area contributed by atoms with E-state index in [1.54, 1.807) is 19.2 Å². The van der Waals surface area contributed by atoms with Crippen molar-refractivity contribution in [2.75, 3.05) is 12.4 Å². The maximum atomic E-state index is 13.2. The van der Waals surface area contributed by atoms with Gasteiger partial charge in [-0.2, -0.15) is 26.3 Å². The first-order valence-electron chi connectivity index (χ1n) is 11.2. The third-order valence-electron chi connectivity index (χ3n) is 5.96. The summed E-state index contributed by atoms with van der Waals surface area (Å²) in [5.74, 6) is -0.643. The Bertz CT molecular complexity index is 1640. The molecule has 38 heavy (non-hydrogen) atoms. The highest BCUT2D eigenvalue weighted by Gasteiger charge is 2.36. The van der Waals surface area contributed by atoms with Crippen LogP contribution >= 0.6 is 11.3 Å². The monoisotopic (exact) mass is 548 g/mol. The molecule has 0 aliphatic heterocycles. The third-order valence-corrected chi connectivity index (χ3v) is 7.00. The molecule has 2 heterocycles. The van der Waals surface area contributed by atoms with Crippen molar-refractivity contribution < 1.29 is 31.1 Å². The van der Waals surface area contributed by atoms with E-state index < -0.39 is 35.9 Å². The molecule has 3 N–H and O–H groups in total. The van der Waals surface area contributed by atoms with Gasteiger partial charge >= 0.3 is 12.4 Å². The SMILES string of the molecule is CNc1nc2ccc(-c3ccc4[nH]cc(C(=O)NCc5cc(C(F)(F)F)cc(C(F)(F)F)c5)c4c3)cc2s1. The minimum absolute atomic E-state index is 0.0513. The molecule has 0 atom stereocenters. The van der Waals surface area contributed by atoms with Crippen LogP contribution in [0.1, 0.15) is 27.0 Å². The molecular weight excluding hydrogens is 530 g/mol. The van der Waals surface area contributed by atoms with Gasteiger partial charge < -0.3 is 15.6 Å². The molecule has 196 valence electrons. The maximum absolute atomic E-state index is 13.2. The van der Waals surface area contributed by atoms with Gasteiger partial charge in [-0.15, -0.1) is 0 Å². The molecule has 0 aliphatic rings. The van der Waals surface area contributed by atoms with Crippen LogP contribution in [0.25, 0.3) is 32.2 Å². The van der Waals surface area contributed by atoms with Crippen molar-refractivity contribution in [3.63, 3.8) is 0 Å². The van der Waals surface area contributed by atoms with Crippen molar-refractivity contribution in [2.45, 2.75) is 18.9 Å². The van der Waals surface area contributed by atoms with Crippen LogP contribution in [0.15, 0.2) is 60.8 Å². The van der Waals surface area contributed by atoms with Gasteiger partial charge in [0, 0.05) is 30.7 Å². The van der Waals surface area contributed by atoms with Crippen molar-refractivity contribution in [1.29, 1.82) is 0 Å². The highest BCUT2D eigenvalue weighted by molar-refractivity contribution is 7.22. The number of thiazole rings is 1. The number of halogens is 6. The fraction of sp³-hybridized carbons (Fsp3) is 0.154. The fourth-order valence-electron chi connectivity index (χ4n) is 4.10. The molecule has 5 aromatic rings. The Morgan fingerprint density at radius 3 is 2.24 bits per heavy atom. The molecule has 12 heteroatoms. The van der Waals surface area contributed by atoms with Crippen LogP contribution in [-0.4, -0.2) is 22.9 Å². The number of hydrogen-bond donors (Lipinski definition) is 3. The van der Waals surface area contributed by atoms with E-state index in [4.69, 9.17) is 0 Å². The number of anilines is 1. The number of alkyl halides is 6. The van der Waals surface area contributed by atoms with Gasteiger partial charge in [-0.25, -0.2) is 4.98 Å².